The van der Waals surface area contributed by atoms with Crippen molar-refractivity contribution in [2.45, 2.75) is 102 Å². The number of carbonyl (C=O) groups excluding carboxylic acids is 1. The van der Waals surface area contributed by atoms with Crippen molar-refractivity contribution in [2.24, 2.45) is 52.3 Å². The van der Waals surface area contributed by atoms with Crippen LogP contribution < -0.4 is 0 Å². The number of carbonyl (C=O) groups is 1. The first-order valence-corrected chi connectivity index (χ1v) is 14.3. The van der Waals surface area contributed by atoms with Gasteiger partial charge in [-0.25, -0.2) is 0 Å². The van der Waals surface area contributed by atoms with Gasteiger partial charge in [-0.1, -0.05) is 43.6 Å². The van der Waals surface area contributed by atoms with Crippen molar-refractivity contribution in [1.29, 1.82) is 0 Å². The van der Waals surface area contributed by atoms with Crippen molar-refractivity contribution in [2.75, 3.05) is 6.61 Å². The Morgan fingerprint density at radius 1 is 1.06 bits per heavy atom. The fraction of sp³-hybridized carbons (Fsp3) is 0.963. The van der Waals surface area contributed by atoms with E-state index in [2.05, 4.69) is 43.6 Å². The van der Waals surface area contributed by atoms with Gasteiger partial charge >= 0.3 is 0 Å². The van der Waals surface area contributed by atoms with Gasteiger partial charge in [-0.15, -0.1) is 0 Å². The molecule has 14 atom stereocenters. The lowest BCUT2D eigenvalue weighted by molar-refractivity contribution is -0.268. The predicted molar refractivity (Wildman–Crippen MR) is 128 cm³/mol. The highest BCUT2D eigenvalue weighted by molar-refractivity contribution is 9.09. The number of rotatable bonds is 0. The number of hydrogen-bond donors (Lipinski definition) is 2. The molecule has 186 valence electrons. The molecule has 6 rings (SSSR count). The number of aliphatic hydroxyl groups is 2. The summed E-state index contributed by atoms with van der Waals surface area (Å²) in [7, 11) is 0. The van der Waals surface area contributed by atoms with E-state index in [-0.39, 0.29) is 46.0 Å². The maximum Gasteiger partial charge on any atom is 0.184 e. The van der Waals surface area contributed by atoms with Crippen molar-refractivity contribution in [3.8, 4) is 0 Å². The van der Waals surface area contributed by atoms with Gasteiger partial charge in [0.25, 0.3) is 0 Å². The number of Topliss-reactive ketones (excluding diaryl/α,β-unsaturated/α-hetero) is 1. The van der Waals surface area contributed by atoms with Gasteiger partial charge in [0.1, 0.15) is 6.10 Å². The fourth-order valence-corrected chi connectivity index (χ4v) is 11.4. The molecule has 7 unspecified atom stereocenters. The lowest BCUT2D eigenvalue weighted by Crippen LogP contribution is -2.64. The second kappa shape index (κ2) is 7.50. The SMILES string of the molecule is CC1COC2(O[C@H]3CC4C5CC[C@H]6C[C@@H](O)CC[C@@]6(C)C5C(=O)[C@@H](O)[C@]4(C)C3[C@@H]2C)C(Br)C1. The molecule has 0 bridgehead atoms. The van der Waals surface area contributed by atoms with Gasteiger partial charge in [0, 0.05) is 23.2 Å². The van der Waals surface area contributed by atoms with Gasteiger partial charge < -0.3 is 19.7 Å². The zero-order valence-electron chi connectivity index (χ0n) is 20.5. The van der Waals surface area contributed by atoms with Crippen LogP contribution in [-0.4, -0.2) is 51.5 Å². The quantitative estimate of drug-likeness (QED) is 0.461. The number of alkyl halides is 1. The molecule has 0 aromatic heterocycles. The number of aliphatic hydroxyl groups excluding tert-OH is 2. The van der Waals surface area contributed by atoms with Crippen LogP contribution in [-0.2, 0) is 14.3 Å². The molecule has 6 aliphatic rings. The standard InChI is InChI=1S/C27H41BrO5/c1-13-9-20(28)27(32-12-13)14(2)21-19(33-27)11-18-17-6-5-15-10-16(29)7-8-25(15,3)22(17)23(30)24(31)26(18,21)4/h13-22,24,29,31H,5-12H2,1-4H3/t13?,14-,15-,16-,17?,18?,19-,20?,21?,22?,24+,25+,26-,27?/m0/s1. The van der Waals surface area contributed by atoms with Crippen LogP contribution in [0.25, 0.3) is 0 Å². The van der Waals surface area contributed by atoms with E-state index >= 15 is 0 Å². The van der Waals surface area contributed by atoms with Crippen LogP contribution in [0.2, 0.25) is 0 Å². The molecule has 0 amide bonds. The van der Waals surface area contributed by atoms with E-state index in [0.717, 1.165) is 44.9 Å². The van der Waals surface area contributed by atoms with Crippen LogP contribution >= 0.6 is 15.9 Å². The normalized spacial score (nSPS) is 62.5. The summed E-state index contributed by atoms with van der Waals surface area (Å²) in [5.41, 5.74) is -0.571. The molecule has 2 aliphatic heterocycles. The average molecular weight is 526 g/mol. The molecular formula is C27H41BrO5. The van der Waals surface area contributed by atoms with Gasteiger partial charge in [0.2, 0.25) is 0 Å². The number of fused-ring (bicyclic) bond motifs is 7. The molecule has 2 saturated heterocycles. The third-order valence-electron chi connectivity index (χ3n) is 11.7. The van der Waals surface area contributed by atoms with Crippen LogP contribution in [0, 0.1) is 52.3 Å². The van der Waals surface area contributed by atoms with Gasteiger partial charge in [0.05, 0.1) is 23.6 Å². The minimum atomic E-state index is -0.946. The van der Waals surface area contributed by atoms with E-state index in [4.69, 9.17) is 9.47 Å². The molecule has 33 heavy (non-hydrogen) atoms. The Balaban J connectivity index is 1.34. The molecule has 0 aromatic rings. The van der Waals surface area contributed by atoms with Crippen LogP contribution in [0.15, 0.2) is 0 Å². The third kappa shape index (κ3) is 2.88. The van der Waals surface area contributed by atoms with Gasteiger partial charge in [-0.05, 0) is 74.0 Å². The Kier molecular flexibility index (Phi) is 5.32. The predicted octanol–water partition coefficient (Wildman–Crippen LogP) is 4.32. The van der Waals surface area contributed by atoms with Crippen molar-refractivity contribution in [3.63, 3.8) is 0 Å². The Hall–Kier alpha value is -0.0100. The molecule has 5 nitrogen and oxygen atoms in total. The fourth-order valence-electron chi connectivity index (χ4n) is 10.1. The second-order valence-corrected chi connectivity index (χ2v) is 14.3. The van der Waals surface area contributed by atoms with E-state index < -0.39 is 17.3 Å². The Morgan fingerprint density at radius 2 is 1.82 bits per heavy atom. The highest BCUT2D eigenvalue weighted by Crippen LogP contribution is 2.70. The van der Waals surface area contributed by atoms with Crippen LogP contribution in [0.1, 0.15) is 72.6 Å². The minimum absolute atomic E-state index is 0.0309. The Bertz CT molecular complexity index is 835. The van der Waals surface area contributed by atoms with Gasteiger partial charge in [-0.3, -0.25) is 4.79 Å². The van der Waals surface area contributed by atoms with E-state index in [1.165, 1.54) is 0 Å². The third-order valence-corrected chi connectivity index (χ3v) is 12.7. The van der Waals surface area contributed by atoms with Crippen molar-refractivity contribution >= 4 is 21.7 Å². The molecule has 0 radical (unpaired) electrons. The molecule has 0 aromatic carbocycles. The van der Waals surface area contributed by atoms with Crippen LogP contribution in [0.5, 0.6) is 0 Å². The molecule has 4 saturated carbocycles. The molecule has 6 fully saturated rings. The maximum atomic E-state index is 14.0. The van der Waals surface area contributed by atoms with E-state index in [9.17, 15) is 15.0 Å². The summed E-state index contributed by atoms with van der Waals surface area (Å²) in [5, 5.41) is 22.1. The van der Waals surface area contributed by atoms with Crippen molar-refractivity contribution in [3.05, 3.63) is 0 Å². The first kappa shape index (κ1) is 23.4. The Labute approximate surface area is 206 Å². The number of ether oxygens (including phenoxy) is 2. The molecule has 6 heteroatoms. The average Bonchev–Trinajstić information content (AvgIpc) is 3.22. The smallest absolute Gasteiger partial charge is 0.184 e. The molecule has 1 spiro atoms. The summed E-state index contributed by atoms with van der Waals surface area (Å²) in [6, 6.07) is 0. The molecular weight excluding hydrogens is 484 g/mol. The van der Waals surface area contributed by atoms with E-state index in [0.29, 0.717) is 30.3 Å². The largest absolute Gasteiger partial charge is 0.393 e. The van der Waals surface area contributed by atoms with Crippen molar-refractivity contribution in [1.82, 2.24) is 0 Å². The second-order valence-electron chi connectivity index (χ2n) is 13.2. The lowest BCUT2D eigenvalue weighted by Gasteiger charge is -2.61. The Morgan fingerprint density at radius 3 is 2.55 bits per heavy atom. The summed E-state index contributed by atoms with van der Waals surface area (Å²) >= 11 is 3.90. The highest BCUT2D eigenvalue weighted by atomic mass is 79.9. The number of ketones is 1. The zero-order valence-corrected chi connectivity index (χ0v) is 22.1. The molecule has 2 heterocycles. The van der Waals surface area contributed by atoms with Crippen LogP contribution in [0.4, 0.5) is 0 Å². The van der Waals surface area contributed by atoms with E-state index in [1.54, 1.807) is 0 Å². The summed E-state index contributed by atoms with van der Waals surface area (Å²) < 4.78 is 13.3. The first-order valence-electron chi connectivity index (χ1n) is 13.4. The van der Waals surface area contributed by atoms with Crippen LogP contribution in [0.3, 0.4) is 0 Å². The summed E-state index contributed by atoms with van der Waals surface area (Å²) in [6.45, 7) is 9.61. The van der Waals surface area contributed by atoms with Crippen molar-refractivity contribution < 1.29 is 24.5 Å². The number of hydrogen-bond acceptors (Lipinski definition) is 5. The van der Waals surface area contributed by atoms with Gasteiger partial charge in [0.15, 0.2) is 11.6 Å². The molecule has 4 aliphatic carbocycles. The maximum absolute atomic E-state index is 14.0. The number of halogens is 1. The molecule has 2 N–H and O–H groups in total. The monoisotopic (exact) mass is 524 g/mol. The minimum Gasteiger partial charge on any atom is -0.393 e. The zero-order chi connectivity index (χ0) is 23.5. The van der Waals surface area contributed by atoms with Gasteiger partial charge in [-0.2, -0.15) is 0 Å². The summed E-state index contributed by atoms with van der Waals surface area (Å²) in [5.74, 6) is 1.05. The summed E-state index contributed by atoms with van der Waals surface area (Å²) in [4.78, 5) is 14.2. The summed E-state index contributed by atoms with van der Waals surface area (Å²) in [6.07, 6.45) is 5.38. The highest BCUT2D eigenvalue weighted by Gasteiger charge is 2.74. The topological polar surface area (TPSA) is 76.0 Å². The van der Waals surface area contributed by atoms with E-state index in [1.807, 2.05) is 0 Å². The first-order chi connectivity index (χ1) is 15.5. The lowest BCUT2D eigenvalue weighted by atomic mass is 9.43.